The third-order valence-corrected chi connectivity index (χ3v) is 4.14. The van der Waals surface area contributed by atoms with Crippen LogP contribution in [0.3, 0.4) is 0 Å². The Morgan fingerprint density at radius 3 is 2.52 bits per heavy atom. The molecule has 0 amide bonds. The van der Waals surface area contributed by atoms with Crippen molar-refractivity contribution in [1.82, 2.24) is 5.32 Å². The molecule has 0 aliphatic carbocycles. The summed E-state index contributed by atoms with van der Waals surface area (Å²) in [5, 5.41) is 3.24. The Balaban J connectivity index is 2.69. The van der Waals surface area contributed by atoms with E-state index in [-0.39, 0.29) is 0 Å². The van der Waals surface area contributed by atoms with Gasteiger partial charge in [-0.3, -0.25) is 0 Å². The van der Waals surface area contributed by atoms with Gasteiger partial charge in [0.2, 0.25) is 0 Å². The number of nitrogens with one attached hydrogen (secondary N) is 1. The fourth-order valence-electron chi connectivity index (χ4n) is 2.35. The van der Waals surface area contributed by atoms with E-state index in [9.17, 15) is 0 Å². The highest BCUT2D eigenvalue weighted by atomic mass is 16.5. The maximum Gasteiger partial charge on any atom is 0.161 e. The van der Waals surface area contributed by atoms with E-state index in [1.807, 2.05) is 13.1 Å². The number of hydrogen-bond acceptors (Lipinski definition) is 3. The van der Waals surface area contributed by atoms with Gasteiger partial charge < -0.3 is 14.8 Å². The molecule has 0 bridgehead atoms. The zero-order valence-electron chi connectivity index (χ0n) is 14.2. The van der Waals surface area contributed by atoms with Crippen molar-refractivity contribution in [3.63, 3.8) is 0 Å². The van der Waals surface area contributed by atoms with Gasteiger partial charge in [-0.2, -0.15) is 0 Å². The first kappa shape index (κ1) is 17.8. The Kier molecular flexibility index (Phi) is 8.21. The van der Waals surface area contributed by atoms with Crippen molar-refractivity contribution in [2.75, 3.05) is 20.8 Å². The molecule has 2 unspecified atom stereocenters. The Morgan fingerprint density at radius 1 is 1.19 bits per heavy atom. The smallest absolute Gasteiger partial charge is 0.161 e. The SMILES string of the molecule is CCCCC(CC)COc1ccc(C(C)NC)cc1OC. The molecule has 0 spiro atoms. The van der Waals surface area contributed by atoms with Gasteiger partial charge >= 0.3 is 0 Å². The second kappa shape index (κ2) is 9.67. The first-order valence-electron chi connectivity index (χ1n) is 8.14. The molecule has 1 aromatic rings. The van der Waals surface area contributed by atoms with Crippen LogP contribution in [0, 0.1) is 5.92 Å². The van der Waals surface area contributed by atoms with Crippen LogP contribution < -0.4 is 14.8 Å². The van der Waals surface area contributed by atoms with E-state index in [0.717, 1.165) is 24.5 Å². The Bertz CT molecular complexity index is 406. The van der Waals surface area contributed by atoms with Gasteiger partial charge in [0.15, 0.2) is 11.5 Å². The summed E-state index contributed by atoms with van der Waals surface area (Å²) in [6, 6.07) is 6.49. The topological polar surface area (TPSA) is 30.5 Å². The van der Waals surface area contributed by atoms with E-state index in [1.54, 1.807) is 7.11 Å². The summed E-state index contributed by atoms with van der Waals surface area (Å²) in [4.78, 5) is 0. The normalized spacial score (nSPS) is 13.8. The minimum absolute atomic E-state index is 0.306. The second-order valence-corrected chi connectivity index (χ2v) is 5.65. The third-order valence-electron chi connectivity index (χ3n) is 4.14. The van der Waals surface area contributed by atoms with Gasteiger partial charge in [0, 0.05) is 6.04 Å². The van der Waals surface area contributed by atoms with Crippen LogP contribution in [0.1, 0.15) is 58.1 Å². The van der Waals surface area contributed by atoms with E-state index >= 15 is 0 Å². The Hall–Kier alpha value is -1.22. The highest BCUT2D eigenvalue weighted by Crippen LogP contribution is 2.31. The van der Waals surface area contributed by atoms with Gasteiger partial charge in [0.25, 0.3) is 0 Å². The number of ether oxygens (including phenoxy) is 2. The Morgan fingerprint density at radius 2 is 1.95 bits per heavy atom. The molecule has 0 heterocycles. The highest BCUT2D eigenvalue weighted by Gasteiger charge is 2.12. The van der Waals surface area contributed by atoms with Crippen LogP contribution in [0.4, 0.5) is 0 Å². The minimum atomic E-state index is 0.306. The standard InChI is InChI=1S/C18H31NO2/c1-6-8-9-15(7-2)13-21-17-11-10-16(14(3)19-4)12-18(17)20-5/h10-12,14-15,19H,6-9,13H2,1-5H3. The molecule has 3 nitrogen and oxygen atoms in total. The predicted octanol–water partition coefficient (Wildman–Crippen LogP) is 4.57. The lowest BCUT2D eigenvalue weighted by Crippen LogP contribution is -2.13. The lowest BCUT2D eigenvalue weighted by molar-refractivity contribution is 0.224. The molecule has 1 N–H and O–H groups in total. The number of benzene rings is 1. The van der Waals surface area contributed by atoms with E-state index in [0.29, 0.717) is 12.0 Å². The summed E-state index contributed by atoms with van der Waals surface area (Å²) < 4.78 is 11.5. The summed E-state index contributed by atoms with van der Waals surface area (Å²) >= 11 is 0. The van der Waals surface area contributed by atoms with Crippen molar-refractivity contribution in [3.05, 3.63) is 23.8 Å². The first-order valence-corrected chi connectivity index (χ1v) is 8.14. The summed E-state index contributed by atoms with van der Waals surface area (Å²) in [6.45, 7) is 7.37. The molecule has 0 aromatic heterocycles. The zero-order chi connectivity index (χ0) is 15.7. The van der Waals surface area contributed by atoms with Crippen LogP contribution in [0.15, 0.2) is 18.2 Å². The largest absolute Gasteiger partial charge is 0.493 e. The monoisotopic (exact) mass is 293 g/mol. The van der Waals surface area contributed by atoms with Crippen LogP contribution in [0.5, 0.6) is 11.5 Å². The molecule has 0 aliphatic rings. The van der Waals surface area contributed by atoms with Crippen molar-refractivity contribution in [1.29, 1.82) is 0 Å². The quantitative estimate of drug-likeness (QED) is 0.685. The average molecular weight is 293 g/mol. The van der Waals surface area contributed by atoms with Crippen molar-refractivity contribution in [2.24, 2.45) is 5.92 Å². The molecule has 0 saturated carbocycles. The number of unbranched alkanes of at least 4 members (excludes halogenated alkanes) is 1. The van der Waals surface area contributed by atoms with Crippen molar-refractivity contribution >= 4 is 0 Å². The average Bonchev–Trinajstić information content (AvgIpc) is 2.54. The van der Waals surface area contributed by atoms with Crippen LogP contribution in [-0.4, -0.2) is 20.8 Å². The van der Waals surface area contributed by atoms with Crippen LogP contribution in [0.25, 0.3) is 0 Å². The molecule has 21 heavy (non-hydrogen) atoms. The van der Waals surface area contributed by atoms with Gasteiger partial charge in [-0.1, -0.05) is 39.2 Å². The summed E-state index contributed by atoms with van der Waals surface area (Å²) in [5.74, 6) is 2.30. The van der Waals surface area contributed by atoms with Crippen LogP contribution >= 0.6 is 0 Å². The highest BCUT2D eigenvalue weighted by molar-refractivity contribution is 5.43. The van der Waals surface area contributed by atoms with Crippen molar-refractivity contribution in [2.45, 2.75) is 52.5 Å². The molecule has 1 rings (SSSR count). The molecule has 0 fully saturated rings. The molecule has 0 saturated heterocycles. The lowest BCUT2D eigenvalue weighted by Gasteiger charge is -2.18. The fourth-order valence-corrected chi connectivity index (χ4v) is 2.35. The molecule has 1 aromatic carbocycles. The Labute approximate surface area is 130 Å². The van der Waals surface area contributed by atoms with Gasteiger partial charge in [-0.25, -0.2) is 0 Å². The van der Waals surface area contributed by atoms with Gasteiger partial charge in [-0.05, 0) is 44.0 Å². The molecule has 120 valence electrons. The van der Waals surface area contributed by atoms with Crippen LogP contribution in [0.2, 0.25) is 0 Å². The number of rotatable bonds is 10. The molecule has 2 atom stereocenters. The van der Waals surface area contributed by atoms with Gasteiger partial charge in [0.1, 0.15) is 0 Å². The number of methoxy groups -OCH3 is 1. The summed E-state index contributed by atoms with van der Waals surface area (Å²) in [5.41, 5.74) is 1.21. The molecule has 0 radical (unpaired) electrons. The fraction of sp³-hybridized carbons (Fsp3) is 0.667. The molecule has 3 heteroatoms. The van der Waals surface area contributed by atoms with Crippen molar-refractivity contribution in [3.8, 4) is 11.5 Å². The van der Waals surface area contributed by atoms with Gasteiger partial charge in [0.05, 0.1) is 13.7 Å². The molecular weight excluding hydrogens is 262 g/mol. The maximum atomic E-state index is 6.00. The van der Waals surface area contributed by atoms with Crippen molar-refractivity contribution < 1.29 is 9.47 Å². The minimum Gasteiger partial charge on any atom is -0.493 e. The third kappa shape index (κ3) is 5.58. The summed E-state index contributed by atoms with van der Waals surface area (Å²) in [7, 11) is 3.66. The van der Waals surface area contributed by atoms with E-state index in [2.05, 4.69) is 38.2 Å². The van der Waals surface area contributed by atoms with E-state index < -0.39 is 0 Å². The summed E-state index contributed by atoms with van der Waals surface area (Å²) in [6.07, 6.45) is 4.93. The first-order chi connectivity index (χ1) is 10.2. The molecule has 0 aliphatic heterocycles. The van der Waals surface area contributed by atoms with E-state index in [1.165, 1.54) is 24.8 Å². The second-order valence-electron chi connectivity index (χ2n) is 5.65. The molecular formula is C18H31NO2. The zero-order valence-corrected chi connectivity index (χ0v) is 14.2. The number of hydrogen-bond donors (Lipinski definition) is 1. The maximum absolute atomic E-state index is 6.00. The predicted molar refractivity (Wildman–Crippen MR) is 89.3 cm³/mol. The van der Waals surface area contributed by atoms with E-state index in [4.69, 9.17) is 9.47 Å². The van der Waals surface area contributed by atoms with Gasteiger partial charge in [-0.15, -0.1) is 0 Å². The van der Waals surface area contributed by atoms with Crippen LogP contribution in [-0.2, 0) is 0 Å². The lowest BCUT2D eigenvalue weighted by atomic mass is 10.0.